The van der Waals surface area contributed by atoms with Crippen LogP contribution in [0.15, 0.2) is 22.8 Å². The van der Waals surface area contributed by atoms with E-state index in [4.69, 9.17) is 9.15 Å². The van der Waals surface area contributed by atoms with Gasteiger partial charge in [-0.2, -0.15) is 0 Å². The molecule has 3 nitrogen and oxygen atoms in total. The molecule has 0 aromatic carbocycles. The van der Waals surface area contributed by atoms with Crippen LogP contribution in [-0.4, -0.2) is 25.3 Å². The Morgan fingerprint density at radius 3 is 3.00 bits per heavy atom. The number of ether oxygens (including phenoxy) is 1. The van der Waals surface area contributed by atoms with Crippen molar-refractivity contribution in [2.75, 3.05) is 7.11 Å². The van der Waals surface area contributed by atoms with Crippen LogP contribution in [-0.2, 0) is 11.2 Å². The van der Waals surface area contributed by atoms with Gasteiger partial charge in [0.1, 0.15) is 5.76 Å². The number of hydrogen-bond acceptors (Lipinski definition) is 3. The Bertz CT molecular complexity index is 323. The molecule has 1 saturated carbocycles. The third-order valence-electron chi connectivity index (χ3n) is 3.91. The van der Waals surface area contributed by atoms with Gasteiger partial charge in [-0.25, -0.2) is 0 Å². The average molecular weight is 251 g/mol. The zero-order chi connectivity index (χ0) is 12.8. The van der Waals surface area contributed by atoms with Gasteiger partial charge in [-0.1, -0.05) is 12.8 Å². The zero-order valence-corrected chi connectivity index (χ0v) is 11.5. The van der Waals surface area contributed by atoms with Crippen molar-refractivity contribution in [1.29, 1.82) is 0 Å². The first kappa shape index (κ1) is 13.6. The maximum Gasteiger partial charge on any atom is 0.103 e. The van der Waals surface area contributed by atoms with Crippen molar-refractivity contribution < 1.29 is 9.15 Å². The molecule has 0 radical (unpaired) electrons. The van der Waals surface area contributed by atoms with Gasteiger partial charge in [0.05, 0.1) is 12.4 Å². The van der Waals surface area contributed by atoms with E-state index in [1.54, 1.807) is 6.26 Å². The summed E-state index contributed by atoms with van der Waals surface area (Å²) in [6.07, 6.45) is 9.31. The van der Waals surface area contributed by atoms with Crippen LogP contribution in [0.25, 0.3) is 0 Å². The minimum absolute atomic E-state index is 0.393. The molecule has 0 saturated heterocycles. The molecule has 102 valence electrons. The van der Waals surface area contributed by atoms with E-state index < -0.39 is 0 Å². The Labute approximate surface area is 110 Å². The Morgan fingerprint density at radius 2 is 2.28 bits per heavy atom. The van der Waals surface area contributed by atoms with E-state index in [0.717, 1.165) is 18.6 Å². The van der Waals surface area contributed by atoms with Crippen LogP contribution in [0, 0.1) is 0 Å². The van der Waals surface area contributed by atoms with E-state index in [1.165, 1.54) is 25.7 Å². The van der Waals surface area contributed by atoms with Gasteiger partial charge in [-0.3, -0.25) is 0 Å². The lowest BCUT2D eigenvalue weighted by Crippen LogP contribution is -2.47. The number of methoxy groups -OCH3 is 1. The standard InChI is InChI=1S/C15H25NO2/c1-12(9-10-13-6-5-11-18-13)16-14-7-3-4-8-15(14)17-2/h5-6,11-12,14-16H,3-4,7-10H2,1-2H3. The fraction of sp³-hybridized carbons (Fsp3) is 0.733. The Kier molecular flexibility index (Phi) is 5.26. The van der Waals surface area contributed by atoms with E-state index >= 15 is 0 Å². The maximum absolute atomic E-state index is 5.57. The molecular formula is C15H25NO2. The van der Waals surface area contributed by atoms with Gasteiger partial charge in [0, 0.05) is 25.6 Å². The quantitative estimate of drug-likeness (QED) is 0.843. The fourth-order valence-electron chi connectivity index (χ4n) is 2.83. The lowest BCUT2D eigenvalue weighted by Gasteiger charge is -2.33. The van der Waals surface area contributed by atoms with E-state index in [1.807, 2.05) is 19.2 Å². The summed E-state index contributed by atoms with van der Waals surface area (Å²) in [5.74, 6) is 1.08. The highest BCUT2D eigenvalue weighted by Gasteiger charge is 2.25. The molecule has 3 heteroatoms. The second kappa shape index (κ2) is 6.95. The molecule has 18 heavy (non-hydrogen) atoms. The number of aryl methyl sites for hydroxylation is 1. The normalized spacial score (nSPS) is 26.1. The summed E-state index contributed by atoms with van der Waals surface area (Å²) in [5, 5.41) is 3.72. The zero-order valence-electron chi connectivity index (χ0n) is 11.5. The van der Waals surface area contributed by atoms with Crippen LogP contribution < -0.4 is 5.32 Å². The minimum Gasteiger partial charge on any atom is -0.469 e. The van der Waals surface area contributed by atoms with Gasteiger partial charge in [-0.15, -0.1) is 0 Å². The predicted octanol–water partition coefficient (Wildman–Crippen LogP) is 3.15. The van der Waals surface area contributed by atoms with Crippen LogP contribution in [0.1, 0.15) is 44.8 Å². The Morgan fingerprint density at radius 1 is 1.44 bits per heavy atom. The summed E-state index contributed by atoms with van der Waals surface area (Å²) < 4.78 is 10.9. The molecule has 0 amide bonds. The largest absolute Gasteiger partial charge is 0.469 e. The molecule has 1 aliphatic rings. The Balaban J connectivity index is 1.73. The average Bonchev–Trinajstić information content (AvgIpc) is 2.90. The first-order chi connectivity index (χ1) is 8.79. The van der Waals surface area contributed by atoms with Gasteiger partial charge in [-0.05, 0) is 38.3 Å². The van der Waals surface area contributed by atoms with Crippen molar-refractivity contribution in [3.05, 3.63) is 24.2 Å². The van der Waals surface area contributed by atoms with Crippen LogP contribution in [0.2, 0.25) is 0 Å². The first-order valence-corrected chi connectivity index (χ1v) is 7.11. The molecule has 1 heterocycles. The smallest absolute Gasteiger partial charge is 0.103 e. The SMILES string of the molecule is COC1CCCCC1NC(C)CCc1ccco1. The summed E-state index contributed by atoms with van der Waals surface area (Å²) in [6, 6.07) is 5.03. The van der Waals surface area contributed by atoms with Crippen LogP contribution in [0.3, 0.4) is 0 Å². The van der Waals surface area contributed by atoms with Crippen LogP contribution in [0.4, 0.5) is 0 Å². The Hall–Kier alpha value is -0.800. The van der Waals surface area contributed by atoms with E-state index in [-0.39, 0.29) is 0 Å². The van der Waals surface area contributed by atoms with Crippen molar-refractivity contribution in [2.45, 2.75) is 63.6 Å². The molecule has 1 aliphatic carbocycles. The molecule has 1 fully saturated rings. The second-order valence-electron chi connectivity index (χ2n) is 5.35. The highest BCUT2D eigenvalue weighted by molar-refractivity contribution is 4.98. The third kappa shape index (κ3) is 3.85. The number of hydrogen-bond donors (Lipinski definition) is 1. The summed E-state index contributed by atoms with van der Waals surface area (Å²) in [7, 11) is 1.83. The van der Waals surface area contributed by atoms with E-state index in [9.17, 15) is 0 Å². The molecule has 2 rings (SSSR count). The molecule has 1 N–H and O–H groups in total. The second-order valence-corrected chi connectivity index (χ2v) is 5.35. The van der Waals surface area contributed by atoms with E-state index in [0.29, 0.717) is 18.2 Å². The van der Waals surface area contributed by atoms with Gasteiger partial charge in [0.25, 0.3) is 0 Å². The molecule has 0 bridgehead atoms. The number of furan rings is 1. The lowest BCUT2D eigenvalue weighted by atomic mass is 9.91. The van der Waals surface area contributed by atoms with Gasteiger partial charge < -0.3 is 14.5 Å². The number of nitrogens with one attached hydrogen (secondary N) is 1. The molecule has 1 aromatic heterocycles. The van der Waals surface area contributed by atoms with Crippen molar-refractivity contribution in [2.24, 2.45) is 0 Å². The first-order valence-electron chi connectivity index (χ1n) is 7.11. The molecule has 0 aliphatic heterocycles. The maximum atomic E-state index is 5.57. The summed E-state index contributed by atoms with van der Waals surface area (Å²) in [4.78, 5) is 0. The van der Waals surface area contributed by atoms with Crippen molar-refractivity contribution in [1.82, 2.24) is 5.32 Å². The molecule has 0 spiro atoms. The highest BCUT2D eigenvalue weighted by Crippen LogP contribution is 2.21. The third-order valence-corrected chi connectivity index (χ3v) is 3.91. The molecule has 3 unspecified atom stereocenters. The molecule has 3 atom stereocenters. The van der Waals surface area contributed by atoms with Crippen molar-refractivity contribution in [3.8, 4) is 0 Å². The van der Waals surface area contributed by atoms with Gasteiger partial charge >= 0.3 is 0 Å². The summed E-state index contributed by atoms with van der Waals surface area (Å²) >= 11 is 0. The van der Waals surface area contributed by atoms with Crippen LogP contribution >= 0.6 is 0 Å². The van der Waals surface area contributed by atoms with Crippen molar-refractivity contribution >= 4 is 0 Å². The van der Waals surface area contributed by atoms with E-state index in [2.05, 4.69) is 12.2 Å². The number of rotatable bonds is 6. The van der Waals surface area contributed by atoms with Crippen LogP contribution in [0.5, 0.6) is 0 Å². The lowest BCUT2D eigenvalue weighted by molar-refractivity contribution is 0.0380. The molecule has 1 aromatic rings. The predicted molar refractivity (Wildman–Crippen MR) is 72.7 cm³/mol. The highest BCUT2D eigenvalue weighted by atomic mass is 16.5. The fourth-order valence-corrected chi connectivity index (χ4v) is 2.83. The summed E-state index contributed by atoms with van der Waals surface area (Å²) in [5.41, 5.74) is 0. The van der Waals surface area contributed by atoms with Crippen molar-refractivity contribution in [3.63, 3.8) is 0 Å². The minimum atomic E-state index is 0.393. The van der Waals surface area contributed by atoms with Gasteiger partial charge in [0.2, 0.25) is 0 Å². The van der Waals surface area contributed by atoms with Gasteiger partial charge in [0.15, 0.2) is 0 Å². The topological polar surface area (TPSA) is 34.4 Å². The summed E-state index contributed by atoms with van der Waals surface area (Å²) in [6.45, 7) is 2.25. The molecular weight excluding hydrogens is 226 g/mol. The monoisotopic (exact) mass is 251 g/mol.